The first kappa shape index (κ1) is 33.7. The van der Waals surface area contributed by atoms with Gasteiger partial charge in [-0.05, 0) is 111 Å². The van der Waals surface area contributed by atoms with Crippen LogP contribution in [0.2, 0.25) is 0 Å². The van der Waals surface area contributed by atoms with Gasteiger partial charge in [0.15, 0.2) is 5.58 Å². The highest BCUT2D eigenvalue weighted by Crippen LogP contribution is 2.45. The van der Waals surface area contributed by atoms with E-state index in [1.165, 1.54) is 5.56 Å². The molecule has 1 fully saturated rings. The van der Waals surface area contributed by atoms with Gasteiger partial charge in [0.05, 0.1) is 16.9 Å². The highest BCUT2D eigenvalue weighted by molar-refractivity contribution is 6.62. The second kappa shape index (κ2) is 13.4. The number of rotatable bonds is 8. The number of anilines is 6. The normalized spacial score (nSPS) is 14.8. The molecule has 0 unspecified atom stereocenters. The molecule has 0 N–H and O–H groups in total. The van der Waals surface area contributed by atoms with Gasteiger partial charge in [-0.15, -0.1) is 0 Å². The number of nitrogens with zero attached hydrogens (tertiary/aromatic N) is 2. The summed E-state index contributed by atoms with van der Waals surface area (Å²) < 4.78 is 20.2. The van der Waals surface area contributed by atoms with Crippen molar-refractivity contribution < 1.29 is 13.7 Å². The fraction of sp³-hybridized carbons (Fsp3) is 0.125. The van der Waals surface area contributed by atoms with Crippen LogP contribution >= 0.6 is 0 Å². The number of hydrogen-bond donors (Lipinski definition) is 0. The molecule has 7 aromatic carbocycles. The van der Waals surface area contributed by atoms with Gasteiger partial charge >= 0.3 is 7.12 Å². The Bertz CT molecular complexity index is 2510. The fourth-order valence-corrected chi connectivity index (χ4v) is 7.36. The van der Waals surface area contributed by atoms with Crippen LogP contribution < -0.4 is 15.3 Å². The second-order valence-corrected chi connectivity index (χ2v) is 14.9. The van der Waals surface area contributed by atoms with Crippen LogP contribution in [0, 0.1) is 0 Å². The molecule has 2 heterocycles. The standard InChI is InChI=1S/C48H41BN2O3/c1-47(2)48(3,4)54-49(53-47)36-31-40(50(37-19-10-6-11-20-37)38-21-12-7-13-22-38)33-41(32-36)51(39-29-27-35(28-30-39)34-17-8-5-9-18-34)44-25-16-24-43-42-23-14-15-26-45(42)52-46(43)44/h5-33H,1-4H3. The molecular weight excluding hydrogens is 663 g/mol. The maximum Gasteiger partial charge on any atom is 0.494 e. The van der Waals surface area contributed by atoms with Crippen LogP contribution in [0.25, 0.3) is 33.1 Å². The van der Waals surface area contributed by atoms with E-state index < -0.39 is 18.3 Å². The predicted octanol–water partition coefficient (Wildman–Crippen LogP) is 12.5. The van der Waals surface area contributed by atoms with Gasteiger partial charge < -0.3 is 23.5 Å². The number of hydrogen-bond acceptors (Lipinski definition) is 5. The summed E-state index contributed by atoms with van der Waals surface area (Å²) in [7, 11) is -0.591. The molecule has 1 aliphatic heterocycles. The van der Waals surface area contributed by atoms with Gasteiger partial charge in [0.25, 0.3) is 0 Å². The van der Waals surface area contributed by atoms with Crippen molar-refractivity contribution in [1.82, 2.24) is 0 Å². The molecule has 0 atom stereocenters. The molecule has 1 aliphatic rings. The van der Waals surface area contributed by atoms with E-state index in [-0.39, 0.29) is 0 Å². The zero-order valence-electron chi connectivity index (χ0n) is 30.9. The SMILES string of the molecule is CC1(C)OB(c2cc(N(c3ccccc3)c3ccccc3)cc(N(c3ccc(-c4ccccc4)cc3)c3cccc4c3oc3ccccc34)c2)OC1(C)C. The lowest BCUT2D eigenvalue weighted by molar-refractivity contribution is 0.00578. The molecule has 6 heteroatoms. The maximum atomic E-state index is 6.74. The van der Waals surface area contributed by atoms with E-state index in [0.717, 1.165) is 67.1 Å². The van der Waals surface area contributed by atoms with Crippen LogP contribution in [0.1, 0.15) is 27.7 Å². The predicted molar refractivity (Wildman–Crippen MR) is 224 cm³/mol. The Morgan fingerprint density at radius 3 is 1.56 bits per heavy atom. The maximum absolute atomic E-state index is 6.74. The van der Waals surface area contributed by atoms with Gasteiger partial charge in [0.1, 0.15) is 5.58 Å². The van der Waals surface area contributed by atoms with Crippen LogP contribution in [0.5, 0.6) is 0 Å². The van der Waals surface area contributed by atoms with Crippen molar-refractivity contribution in [2.45, 2.75) is 38.9 Å². The third-order valence-electron chi connectivity index (χ3n) is 10.9. The monoisotopic (exact) mass is 704 g/mol. The zero-order chi connectivity index (χ0) is 36.9. The smallest absolute Gasteiger partial charge is 0.454 e. The van der Waals surface area contributed by atoms with E-state index in [4.69, 9.17) is 13.7 Å². The molecule has 1 aromatic heterocycles. The third-order valence-corrected chi connectivity index (χ3v) is 10.9. The van der Waals surface area contributed by atoms with Crippen molar-refractivity contribution in [3.63, 3.8) is 0 Å². The molecule has 0 bridgehead atoms. The summed E-state index contributed by atoms with van der Waals surface area (Å²) in [5, 5.41) is 2.14. The summed E-state index contributed by atoms with van der Waals surface area (Å²) >= 11 is 0. The second-order valence-electron chi connectivity index (χ2n) is 14.9. The first-order chi connectivity index (χ1) is 26.3. The molecule has 0 radical (unpaired) electrons. The van der Waals surface area contributed by atoms with Gasteiger partial charge in [-0.3, -0.25) is 0 Å². The van der Waals surface area contributed by atoms with Crippen LogP contribution in [-0.4, -0.2) is 18.3 Å². The van der Waals surface area contributed by atoms with Crippen molar-refractivity contribution in [3.05, 3.63) is 176 Å². The molecule has 0 spiro atoms. The summed E-state index contributed by atoms with van der Waals surface area (Å²) in [5.41, 5.74) is 9.78. The molecule has 5 nitrogen and oxygen atoms in total. The number of benzene rings is 7. The average Bonchev–Trinajstić information content (AvgIpc) is 3.69. The van der Waals surface area contributed by atoms with E-state index in [0.29, 0.717) is 0 Å². The average molecular weight is 705 g/mol. The minimum atomic E-state index is -0.591. The largest absolute Gasteiger partial charge is 0.494 e. The van der Waals surface area contributed by atoms with Gasteiger partial charge in [0, 0.05) is 39.2 Å². The van der Waals surface area contributed by atoms with E-state index in [1.54, 1.807) is 0 Å². The lowest BCUT2D eigenvalue weighted by atomic mass is 9.78. The summed E-state index contributed by atoms with van der Waals surface area (Å²) in [6, 6.07) is 61.5. The van der Waals surface area contributed by atoms with Crippen LogP contribution in [-0.2, 0) is 9.31 Å². The minimum Gasteiger partial charge on any atom is -0.454 e. The molecule has 0 amide bonds. The molecule has 8 aromatic rings. The fourth-order valence-electron chi connectivity index (χ4n) is 7.36. The van der Waals surface area contributed by atoms with Crippen molar-refractivity contribution in [2.24, 2.45) is 0 Å². The Hall–Kier alpha value is -6.08. The van der Waals surface area contributed by atoms with E-state index in [2.05, 4.69) is 183 Å². The summed E-state index contributed by atoms with van der Waals surface area (Å²) in [5.74, 6) is 0. The van der Waals surface area contributed by atoms with E-state index in [9.17, 15) is 0 Å². The molecular formula is C48H41BN2O3. The number of fused-ring (bicyclic) bond motifs is 3. The molecule has 0 aliphatic carbocycles. The van der Waals surface area contributed by atoms with Crippen LogP contribution in [0.3, 0.4) is 0 Å². The van der Waals surface area contributed by atoms with Gasteiger partial charge in [0.2, 0.25) is 0 Å². The van der Waals surface area contributed by atoms with Gasteiger partial charge in [-0.1, -0.05) is 109 Å². The first-order valence-corrected chi connectivity index (χ1v) is 18.5. The van der Waals surface area contributed by atoms with Gasteiger partial charge in [-0.2, -0.15) is 0 Å². The van der Waals surface area contributed by atoms with Gasteiger partial charge in [-0.25, -0.2) is 0 Å². The Kier molecular flexibility index (Phi) is 8.38. The van der Waals surface area contributed by atoms with E-state index in [1.807, 2.05) is 30.3 Å². The highest BCUT2D eigenvalue weighted by atomic mass is 16.7. The Morgan fingerprint density at radius 1 is 0.426 bits per heavy atom. The minimum absolute atomic E-state index is 0.515. The number of para-hydroxylation sites is 4. The number of furan rings is 1. The van der Waals surface area contributed by atoms with Crippen LogP contribution in [0.4, 0.5) is 34.1 Å². The highest BCUT2D eigenvalue weighted by Gasteiger charge is 2.52. The van der Waals surface area contributed by atoms with E-state index >= 15 is 0 Å². The molecule has 0 saturated carbocycles. The van der Waals surface area contributed by atoms with Crippen molar-refractivity contribution in [3.8, 4) is 11.1 Å². The summed E-state index contributed by atoms with van der Waals surface area (Å²) in [6.07, 6.45) is 0. The lowest BCUT2D eigenvalue weighted by Gasteiger charge is -2.32. The Morgan fingerprint density at radius 2 is 0.926 bits per heavy atom. The molecule has 264 valence electrons. The summed E-state index contributed by atoms with van der Waals surface area (Å²) in [6.45, 7) is 8.39. The molecule has 54 heavy (non-hydrogen) atoms. The van der Waals surface area contributed by atoms with Crippen molar-refractivity contribution >= 4 is 68.6 Å². The third kappa shape index (κ3) is 6.04. The zero-order valence-corrected chi connectivity index (χ0v) is 30.9. The van der Waals surface area contributed by atoms with Crippen molar-refractivity contribution in [2.75, 3.05) is 9.80 Å². The first-order valence-electron chi connectivity index (χ1n) is 18.5. The topological polar surface area (TPSA) is 38.1 Å². The molecule has 9 rings (SSSR count). The van der Waals surface area contributed by atoms with Crippen LogP contribution in [0.15, 0.2) is 180 Å². The quantitative estimate of drug-likeness (QED) is 0.147. The summed E-state index contributed by atoms with van der Waals surface area (Å²) in [4.78, 5) is 4.59. The Balaban J connectivity index is 1.30. The van der Waals surface area contributed by atoms with Crippen molar-refractivity contribution in [1.29, 1.82) is 0 Å². The Labute approximate surface area is 317 Å². The molecule has 1 saturated heterocycles. The lowest BCUT2D eigenvalue weighted by Crippen LogP contribution is -2.41.